The first-order chi connectivity index (χ1) is 6.56. The summed E-state index contributed by atoms with van der Waals surface area (Å²) in [6.07, 6.45) is 0. The first-order valence-electron chi connectivity index (χ1n) is 4.14. The maximum absolute atomic E-state index is 11.0. The van der Waals surface area contributed by atoms with E-state index < -0.39 is 5.38 Å². The molecule has 0 radical (unpaired) electrons. The lowest BCUT2D eigenvalue weighted by Gasteiger charge is -2.10. The summed E-state index contributed by atoms with van der Waals surface area (Å²) >= 11 is 5.87. The molecule has 0 aliphatic rings. The average molecular weight is 214 g/mol. The molecule has 1 rings (SSSR count). The molecule has 0 bridgehead atoms. The predicted molar refractivity (Wildman–Crippen MR) is 56.7 cm³/mol. The van der Waals surface area contributed by atoms with Crippen LogP contribution in [-0.2, 0) is 4.79 Å². The third kappa shape index (κ3) is 2.17. The number of halogens is 1. The van der Waals surface area contributed by atoms with Crippen LogP contribution >= 0.6 is 11.6 Å². The zero-order valence-corrected chi connectivity index (χ0v) is 8.84. The number of ether oxygens (including phenoxy) is 1. The van der Waals surface area contributed by atoms with Gasteiger partial charge in [-0.05, 0) is 13.0 Å². The van der Waals surface area contributed by atoms with E-state index >= 15 is 0 Å². The number of carbonyl (C=O) groups is 1. The number of ketones is 1. The fraction of sp³-hybridized carbons (Fsp3) is 0.300. The van der Waals surface area contributed by atoms with Crippen LogP contribution in [0.5, 0.6) is 5.75 Å². The molecule has 0 heterocycles. The van der Waals surface area contributed by atoms with Crippen LogP contribution in [-0.4, -0.2) is 12.9 Å². The van der Waals surface area contributed by atoms with Crippen molar-refractivity contribution < 1.29 is 9.53 Å². The van der Waals surface area contributed by atoms with Gasteiger partial charge in [-0.3, -0.25) is 4.79 Å². The van der Waals surface area contributed by atoms with Gasteiger partial charge >= 0.3 is 0 Å². The maximum Gasteiger partial charge on any atom is 0.152 e. The normalized spacial score (nSPS) is 12.2. The lowest BCUT2D eigenvalue weighted by molar-refractivity contribution is -0.116. The Bertz CT molecular complexity index is 352. The van der Waals surface area contributed by atoms with Gasteiger partial charge < -0.3 is 10.5 Å². The Labute approximate surface area is 87.8 Å². The van der Waals surface area contributed by atoms with Crippen molar-refractivity contribution in [3.8, 4) is 5.75 Å². The second-order valence-corrected chi connectivity index (χ2v) is 3.40. The highest BCUT2D eigenvalue weighted by atomic mass is 35.5. The van der Waals surface area contributed by atoms with Crippen molar-refractivity contribution in [2.24, 2.45) is 0 Å². The van der Waals surface area contributed by atoms with Gasteiger partial charge in [0, 0.05) is 17.3 Å². The average Bonchev–Trinajstić information content (AvgIpc) is 2.16. The molecule has 0 aliphatic heterocycles. The first-order valence-corrected chi connectivity index (χ1v) is 4.58. The Balaban J connectivity index is 3.05. The van der Waals surface area contributed by atoms with E-state index in [0.717, 1.165) is 0 Å². The molecule has 0 fully saturated rings. The summed E-state index contributed by atoms with van der Waals surface area (Å²) in [5.41, 5.74) is 6.82. The van der Waals surface area contributed by atoms with Crippen molar-refractivity contribution in [2.45, 2.75) is 12.3 Å². The van der Waals surface area contributed by atoms with Crippen molar-refractivity contribution >= 4 is 23.1 Å². The monoisotopic (exact) mass is 213 g/mol. The summed E-state index contributed by atoms with van der Waals surface area (Å²) in [6.45, 7) is 1.43. The van der Waals surface area contributed by atoms with E-state index in [1.807, 2.05) is 0 Å². The van der Waals surface area contributed by atoms with E-state index in [0.29, 0.717) is 17.0 Å². The highest BCUT2D eigenvalue weighted by Gasteiger charge is 2.15. The molecule has 0 aliphatic carbocycles. The molecule has 76 valence electrons. The zero-order valence-electron chi connectivity index (χ0n) is 8.08. The van der Waals surface area contributed by atoms with E-state index in [-0.39, 0.29) is 5.78 Å². The van der Waals surface area contributed by atoms with E-state index in [9.17, 15) is 4.79 Å². The van der Waals surface area contributed by atoms with Crippen LogP contribution in [0.1, 0.15) is 17.9 Å². The summed E-state index contributed by atoms with van der Waals surface area (Å²) < 4.78 is 4.98. The van der Waals surface area contributed by atoms with Gasteiger partial charge in [0.15, 0.2) is 5.78 Å². The minimum Gasteiger partial charge on any atom is -0.497 e. The minimum absolute atomic E-state index is 0.122. The molecule has 1 unspecified atom stereocenters. The largest absolute Gasteiger partial charge is 0.497 e. The van der Waals surface area contributed by atoms with Gasteiger partial charge in [0.25, 0.3) is 0 Å². The van der Waals surface area contributed by atoms with E-state index in [1.165, 1.54) is 6.92 Å². The van der Waals surface area contributed by atoms with Gasteiger partial charge in [-0.25, -0.2) is 0 Å². The second-order valence-electron chi connectivity index (χ2n) is 2.97. The molecule has 0 spiro atoms. The molecular formula is C10H12ClNO2. The zero-order chi connectivity index (χ0) is 10.7. The molecule has 0 aromatic heterocycles. The van der Waals surface area contributed by atoms with E-state index in [2.05, 4.69) is 0 Å². The summed E-state index contributed by atoms with van der Waals surface area (Å²) in [4.78, 5) is 11.0. The molecule has 1 aromatic carbocycles. The lowest BCUT2D eigenvalue weighted by Crippen LogP contribution is -2.05. The molecular weight excluding hydrogens is 202 g/mol. The predicted octanol–water partition coefficient (Wildman–Crippen LogP) is 2.15. The number of alkyl halides is 1. The van der Waals surface area contributed by atoms with Crippen molar-refractivity contribution in [1.82, 2.24) is 0 Å². The molecule has 0 saturated carbocycles. The van der Waals surface area contributed by atoms with E-state index in [4.69, 9.17) is 22.1 Å². The summed E-state index contributed by atoms with van der Waals surface area (Å²) in [6, 6.07) is 5.07. The number of rotatable bonds is 3. The molecule has 0 saturated heterocycles. The minimum atomic E-state index is -0.680. The van der Waals surface area contributed by atoms with Crippen molar-refractivity contribution in [2.75, 3.05) is 12.8 Å². The number of methoxy groups -OCH3 is 1. The number of hydrogen-bond donors (Lipinski definition) is 1. The van der Waals surface area contributed by atoms with Crippen LogP contribution in [0, 0.1) is 0 Å². The smallest absolute Gasteiger partial charge is 0.152 e. The summed E-state index contributed by atoms with van der Waals surface area (Å²) in [5, 5.41) is -0.680. The van der Waals surface area contributed by atoms with Crippen LogP contribution in [0.25, 0.3) is 0 Å². The molecule has 14 heavy (non-hydrogen) atoms. The summed E-state index contributed by atoms with van der Waals surface area (Å²) in [5.74, 6) is 0.530. The second kappa shape index (κ2) is 4.33. The highest BCUT2D eigenvalue weighted by molar-refractivity contribution is 6.31. The fourth-order valence-corrected chi connectivity index (χ4v) is 1.33. The summed E-state index contributed by atoms with van der Waals surface area (Å²) in [7, 11) is 1.55. The number of anilines is 1. The van der Waals surface area contributed by atoms with Crippen molar-refractivity contribution in [1.29, 1.82) is 0 Å². The van der Waals surface area contributed by atoms with Crippen LogP contribution in [0.4, 0.5) is 5.69 Å². The number of hydrogen-bond acceptors (Lipinski definition) is 3. The van der Waals surface area contributed by atoms with Gasteiger partial charge in [0.2, 0.25) is 0 Å². The Morgan fingerprint density at radius 2 is 2.21 bits per heavy atom. The van der Waals surface area contributed by atoms with E-state index in [1.54, 1.807) is 25.3 Å². The Morgan fingerprint density at radius 1 is 1.57 bits per heavy atom. The van der Waals surface area contributed by atoms with Crippen molar-refractivity contribution in [3.63, 3.8) is 0 Å². The van der Waals surface area contributed by atoms with Gasteiger partial charge in [-0.2, -0.15) is 0 Å². The number of nitrogens with two attached hydrogens (primary N) is 1. The highest BCUT2D eigenvalue weighted by Crippen LogP contribution is 2.29. The molecule has 1 atom stereocenters. The Hall–Kier alpha value is -1.22. The quantitative estimate of drug-likeness (QED) is 0.618. The first kappa shape index (κ1) is 10.9. The number of Topliss-reactive ketones (excluding diaryl/α,β-unsaturated/α-hetero) is 1. The molecule has 4 heteroatoms. The van der Waals surface area contributed by atoms with Gasteiger partial charge in [0.1, 0.15) is 11.1 Å². The molecule has 0 amide bonds. The van der Waals surface area contributed by atoms with Gasteiger partial charge in [0.05, 0.1) is 7.11 Å². The van der Waals surface area contributed by atoms with Crippen LogP contribution < -0.4 is 10.5 Å². The number of benzene rings is 1. The van der Waals surface area contributed by atoms with Crippen LogP contribution in [0.15, 0.2) is 18.2 Å². The van der Waals surface area contributed by atoms with Crippen LogP contribution in [0.3, 0.4) is 0 Å². The molecule has 2 N–H and O–H groups in total. The topological polar surface area (TPSA) is 52.3 Å². The Kier molecular flexibility index (Phi) is 3.36. The molecule has 3 nitrogen and oxygen atoms in total. The Morgan fingerprint density at radius 3 is 2.64 bits per heavy atom. The van der Waals surface area contributed by atoms with Crippen LogP contribution in [0.2, 0.25) is 0 Å². The van der Waals surface area contributed by atoms with Gasteiger partial charge in [-0.15, -0.1) is 11.6 Å². The van der Waals surface area contributed by atoms with Gasteiger partial charge in [-0.1, -0.05) is 6.07 Å². The third-order valence-electron chi connectivity index (χ3n) is 1.92. The van der Waals surface area contributed by atoms with Crippen molar-refractivity contribution in [3.05, 3.63) is 23.8 Å². The third-order valence-corrected chi connectivity index (χ3v) is 2.47. The maximum atomic E-state index is 11.0. The SMILES string of the molecule is COc1ccc(C(Cl)C(C)=O)c(N)c1. The fourth-order valence-electron chi connectivity index (χ4n) is 1.13. The standard InChI is InChI=1S/C10H12ClNO2/c1-6(13)10(11)8-4-3-7(14-2)5-9(8)12/h3-5,10H,12H2,1-2H3. The molecule has 1 aromatic rings. The lowest BCUT2D eigenvalue weighted by atomic mass is 10.1. The number of carbonyl (C=O) groups excluding carboxylic acids is 1. The number of nitrogen functional groups attached to an aromatic ring is 1.